The average molecular weight is 640 g/mol. The van der Waals surface area contributed by atoms with Crippen molar-refractivity contribution < 1.29 is 21.1 Å². The van der Waals surface area contributed by atoms with Gasteiger partial charge in [-0.3, -0.25) is 0 Å². The predicted octanol–water partition coefficient (Wildman–Crippen LogP) is 8.37. The van der Waals surface area contributed by atoms with Gasteiger partial charge in [0.15, 0.2) is 0 Å². The van der Waals surface area contributed by atoms with E-state index in [4.69, 9.17) is 0 Å². The molecule has 0 saturated heterocycles. The fourth-order valence-corrected chi connectivity index (χ4v) is 5.17. The molecular weight excluding hydrogens is 576 g/mol. The van der Waals surface area contributed by atoms with E-state index in [9.17, 15) is 0 Å². The molecule has 3 heterocycles. The van der Waals surface area contributed by atoms with Crippen molar-refractivity contribution >= 4 is 0 Å². The Morgan fingerprint density at radius 2 is 0.400 bits per heavy atom. The molecule has 0 unspecified atom stereocenters. The van der Waals surface area contributed by atoms with Gasteiger partial charge >= 0.3 is 21.1 Å². The van der Waals surface area contributed by atoms with E-state index in [1.807, 2.05) is 0 Å². The van der Waals surface area contributed by atoms with E-state index in [1.54, 1.807) is 0 Å². The third kappa shape index (κ3) is 9.36. The number of nitrogens with zero attached hydrogens (tertiary/aromatic N) is 6. The molecule has 6 nitrogen and oxygen atoms in total. The Bertz CT molecular complexity index is 703. The van der Waals surface area contributed by atoms with Gasteiger partial charge in [0.2, 0.25) is 0 Å². The summed E-state index contributed by atoms with van der Waals surface area (Å²) in [4.78, 5) is 14.0. The third-order valence-electron chi connectivity index (χ3n) is 7.98. The smallest absolute Gasteiger partial charge is 0.504 e. The molecule has 0 aliphatic carbocycles. The monoisotopic (exact) mass is 641 g/mol. The van der Waals surface area contributed by atoms with Crippen molar-refractivity contribution in [1.82, 2.24) is 29.4 Å². The molecule has 0 fully saturated rings. The summed E-state index contributed by atoms with van der Waals surface area (Å²) in [5.41, 5.74) is 8.27. The summed E-state index contributed by atoms with van der Waals surface area (Å²) in [6, 6.07) is 3.33. The van der Waals surface area contributed by atoms with E-state index < -0.39 is 0 Å². The quantitative estimate of drug-likeness (QED) is 0.213. The van der Waals surface area contributed by atoms with Crippen LogP contribution in [0.4, 0.5) is 0 Å². The van der Waals surface area contributed by atoms with E-state index in [2.05, 4.69) is 174 Å². The molecule has 0 amide bonds. The molecule has 3 aliphatic heterocycles. The van der Waals surface area contributed by atoms with Gasteiger partial charge in [-0.1, -0.05) is 0 Å². The molecule has 0 aromatic rings. The first kappa shape index (κ1) is 38.7. The van der Waals surface area contributed by atoms with Crippen LogP contribution in [0.3, 0.4) is 0 Å². The zero-order valence-corrected chi connectivity index (χ0v) is 31.3. The Morgan fingerprint density at radius 1 is 0.300 bits per heavy atom. The summed E-state index contributed by atoms with van der Waals surface area (Å²) >= 11 is 0. The molecule has 0 saturated carbocycles. The summed E-state index contributed by atoms with van der Waals surface area (Å²) in [6.07, 6.45) is 0. The zero-order chi connectivity index (χ0) is 30.5. The Balaban J connectivity index is 0.000000563. The van der Waals surface area contributed by atoms with Crippen molar-refractivity contribution in [1.29, 1.82) is 0 Å². The molecule has 0 spiro atoms. The minimum atomic E-state index is 0. The van der Waals surface area contributed by atoms with Crippen LogP contribution < -0.4 is 0 Å². The second-order valence-electron chi connectivity index (χ2n) is 12.9. The maximum atomic E-state index is 2.33. The van der Waals surface area contributed by atoms with Crippen LogP contribution in [0.15, 0.2) is 34.2 Å². The summed E-state index contributed by atoms with van der Waals surface area (Å²) in [7, 11) is 0. The SMILES string of the molecule is CC1=C(C)N(C(C)C)[CH-]N1C(C)C.CC1=C(C)N(C(C)C)[CH-]N1C(C)C.CC1=C(C)N(C(C)C)[CH-]N1C(C)C.[Mo+3]. The van der Waals surface area contributed by atoms with Gasteiger partial charge in [-0.25, -0.2) is 0 Å². The number of hydrogen-bond donors (Lipinski definition) is 0. The Labute approximate surface area is 264 Å². The summed E-state index contributed by atoms with van der Waals surface area (Å²) in [5, 5.41) is 0. The van der Waals surface area contributed by atoms with Gasteiger partial charge in [0.1, 0.15) is 0 Å². The van der Waals surface area contributed by atoms with Gasteiger partial charge in [-0.05, 0) is 195 Å². The van der Waals surface area contributed by atoms with Gasteiger partial charge in [-0.2, -0.15) is 20.0 Å². The molecule has 3 aliphatic rings. The molecule has 0 bridgehead atoms. The minimum Gasteiger partial charge on any atom is -0.504 e. The maximum Gasteiger partial charge on any atom is 3.00 e. The Kier molecular flexibility index (Phi) is 15.8. The predicted molar refractivity (Wildman–Crippen MR) is 170 cm³/mol. The molecule has 0 atom stereocenters. The first-order valence-corrected chi connectivity index (χ1v) is 15.1. The number of rotatable bonds is 6. The molecular formula is C33H63MoN6. The van der Waals surface area contributed by atoms with E-state index in [0.717, 1.165) is 0 Å². The van der Waals surface area contributed by atoms with Crippen molar-refractivity contribution in [3.05, 3.63) is 54.2 Å². The van der Waals surface area contributed by atoms with Crippen LogP contribution in [0.5, 0.6) is 0 Å². The van der Waals surface area contributed by atoms with E-state index >= 15 is 0 Å². The summed E-state index contributed by atoms with van der Waals surface area (Å²) in [5.74, 6) is 0. The molecule has 7 heteroatoms. The fraction of sp³-hybridized carbons (Fsp3) is 0.727. The first-order chi connectivity index (χ1) is 17.8. The molecule has 0 aromatic carbocycles. The minimum absolute atomic E-state index is 0. The normalized spacial score (nSPS) is 18.0. The molecule has 231 valence electrons. The maximum absolute atomic E-state index is 2.33. The summed E-state index contributed by atoms with van der Waals surface area (Å²) < 4.78 is 0. The first-order valence-electron chi connectivity index (χ1n) is 15.1. The van der Waals surface area contributed by atoms with E-state index in [0.29, 0.717) is 36.3 Å². The van der Waals surface area contributed by atoms with Crippen LogP contribution in [0.25, 0.3) is 0 Å². The van der Waals surface area contributed by atoms with Crippen LogP contribution in [0.1, 0.15) is 125 Å². The van der Waals surface area contributed by atoms with Crippen molar-refractivity contribution in [2.24, 2.45) is 0 Å². The van der Waals surface area contributed by atoms with E-state index in [1.165, 1.54) is 34.2 Å². The fourth-order valence-electron chi connectivity index (χ4n) is 5.17. The number of hydrogen-bond acceptors (Lipinski definition) is 6. The third-order valence-corrected chi connectivity index (χ3v) is 7.98. The van der Waals surface area contributed by atoms with Gasteiger partial charge in [0, 0.05) is 0 Å². The van der Waals surface area contributed by atoms with Crippen LogP contribution >= 0.6 is 0 Å². The van der Waals surface area contributed by atoms with Crippen molar-refractivity contribution in [3.63, 3.8) is 0 Å². The van der Waals surface area contributed by atoms with Gasteiger partial charge in [0.25, 0.3) is 0 Å². The summed E-state index contributed by atoms with van der Waals surface area (Å²) in [6.45, 7) is 46.4. The molecule has 0 N–H and O–H groups in total. The van der Waals surface area contributed by atoms with Gasteiger partial charge in [-0.15, -0.1) is 0 Å². The molecule has 1 radical (unpaired) electrons. The van der Waals surface area contributed by atoms with Crippen LogP contribution in [-0.2, 0) is 21.1 Å². The second kappa shape index (κ2) is 16.4. The topological polar surface area (TPSA) is 19.4 Å². The standard InChI is InChI=1S/3C11H21N2.Mo/c3*1-8(2)12-7-13(9(3)4)11(6)10(12)5;/h3*7-9H,1-6H3;/q3*-1;+3. The van der Waals surface area contributed by atoms with Crippen molar-refractivity contribution in [2.45, 2.75) is 161 Å². The van der Waals surface area contributed by atoms with Crippen molar-refractivity contribution in [3.8, 4) is 0 Å². The van der Waals surface area contributed by atoms with Gasteiger partial charge in [0.05, 0.1) is 0 Å². The Morgan fingerprint density at radius 3 is 0.450 bits per heavy atom. The van der Waals surface area contributed by atoms with E-state index in [-0.39, 0.29) is 21.1 Å². The molecule has 3 rings (SSSR count). The average Bonchev–Trinajstić information content (AvgIpc) is 3.41. The largest absolute Gasteiger partial charge is 3.00 e. The van der Waals surface area contributed by atoms with Gasteiger partial charge < -0.3 is 29.4 Å². The number of allylic oxidation sites excluding steroid dienone is 6. The van der Waals surface area contributed by atoms with Crippen molar-refractivity contribution in [2.75, 3.05) is 0 Å². The van der Waals surface area contributed by atoms with Crippen LogP contribution in [0.2, 0.25) is 0 Å². The molecule has 40 heavy (non-hydrogen) atoms. The molecule has 0 aromatic heterocycles. The zero-order valence-electron chi connectivity index (χ0n) is 29.3. The van der Waals surface area contributed by atoms with Crippen LogP contribution in [-0.4, -0.2) is 65.7 Å². The van der Waals surface area contributed by atoms with Crippen LogP contribution in [0, 0.1) is 20.0 Å². The Hall–Kier alpha value is -1.29. The second-order valence-corrected chi connectivity index (χ2v) is 12.9.